The van der Waals surface area contributed by atoms with E-state index in [0.29, 0.717) is 10.0 Å². The van der Waals surface area contributed by atoms with E-state index in [1.54, 1.807) is 12.1 Å². The molecule has 0 aliphatic carbocycles. The number of rotatable bonds is 8. The molecule has 0 unspecified atom stereocenters. The van der Waals surface area contributed by atoms with Gasteiger partial charge in [-0.05, 0) is 37.3 Å². The number of nitrogens with zero attached hydrogens (tertiary/aromatic N) is 1. The summed E-state index contributed by atoms with van der Waals surface area (Å²) in [6.07, 6.45) is 0.431. The summed E-state index contributed by atoms with van der Waals surface area (Å²) in [6.45, 7) is 1.30. The van der Waals surface area contributed by atoms with Crippen LogP contribution < -0.4 is 14.8 Å². The predicted molar refractivity (Wildman–Crippen MR) is 120 cm³/mol. The van der Waals surface area contributed by atoms with Crippen LogP contribution in [0.1, 0.15) is 28.8 Å². The quantitative estimate of drug-likeness (QED) is 0.307. The molecular weight excluding hydrogens is 516 g/mol. The lowest BCUT2D eigenvalue weighted by Crippen LogP contribution is -2.30. The Morgan fingerprint density at radius 2 is 1.91 bits per heavy atom. The molecule has 0 saturated carbocycles. The highest BCUT2D eigenvalue weighted by Gasteiger charge is 2.35. The van der Waals surface area contributed by atoms with Gasteiger partial charge in [-0.1, -0.05) is 15.9 Å². The van der Waals surface area contributed by atoms with E-state index in [-0.39, 0.29) is 35.3 Å². The summed E-state index contributed by atoms with van der Waals surface area (Å²) >= 11 is 3.36. The lowest BCUT2D eigenvalue weighted by molar-refractivity contribution is -0.148. The minimum atomic E-state index is -0.967. The first-order valence-corrected chi connectivity index (χ1v) is 10.6. The van der Waals surface area contributed by atoms with Gasteiger partial charge in [-0.15, -0.1) is 0 Å². The van der Waals surface area contributed by atoms with E-state index in [0.717, 1.165) is 4.90 Å². The van der Waals surface area contributed by atoms with Crippen molar-refractivity contribution < 1.29 is 42.5 Å². The number of urea groups is 1. The molecule has 0 spiro atoms. The number of hydrogen-bond acceptors (Lipinski definition) is 9. The Hall–Kier alpha value is -3.80. The second-order valence-corrected chi connectivity index (χ2v) is 7.86. The largest absolute Gasteiger partial charge is 0.493 e. The van der Waals surface area contributed by atoms with Gasteiger partial charge in [-0.25, -0.2) is 14.4 Å². The zero-order valence-corrected chi connectivity index (χ0v) is 20.3. The van der Waals surface area contributed by atoms with Gasteiger partial charge in [0.2, 0.25) is 5.76 Å². The van der Waals surface area contributed by atoms with Crippen molar-refractivity contribution in [3.63, 3.8) is 0 Å². The van der Waals surface area contributed by atoms with Crippen LogP contribution in [0, 0.1) is 0 Å². The van der Waals surface area contributed by atoms with Crippen molar-refractivity contribution in [3.05, 3.63) is 51.5 Å². The molecule has 1 aromatic heterocycles. The maximum atomic E-state index is 12.9. The first-order valence-electron chi connectivity index (χ1n) is 9.82. The number of methoxy groups -OCH3 is 3. The molecule has 2 aromatic rings. The van der Waals surface area contributed by atoms with Crippen molar-refractivity contribution in [3.8, 4) is 11.5 Å². The minimum absolute atomic E-state index is 0.0412. The molecular formula is C22H21BrN2O9. The molecule has 0 bridgehead atoms. The molecule has 1 aliphatic heterocycles. The van der Waals surface area contributed by atoms with Gasteiger partial charge >= 0.3 is 18.0 Å². The maximum Gasteiger partial charge on any atom is 0.373 e. The van der Waals surface area contributed by atoms with Crippen LogP contribution in [0.5, 0.6) is 11.5 Å². The topological polar surface area (TPSA) is 134 Å². The number of nitrogens with one attached hydrogen (secondary N) is 1. The van der Waals surface area contributed by atoms with Crippen LogP contribution in [0.4, 0.5) is 4.79 Å². The van der Waals surface area contributed by atoms with Crippen molar-refractivity contribution in [2.24, 2.45) is 0 Å². The predicted octanol–water partition coefficient (Wildman–Crippen LogP) is 2.87. The van der Waals surface area contributed by atoms with Crippen molar-refractivity contribution in [1.82, 2.24) is 10.2 Å². The van der Waals surface area contributed by atoms with Crippen molar-refractivity contribution in [2.45, 2.75) is 19.6 Å². The third kappa shape index (κ3) is 5.22. The summed E-state index contributed by atoms with van der Waals surface area (Å²) in [6, 6.07) is 5.42. The van der Waals surface area contributed by atoms with Gasteiger partial charge in [0.05, 0.1) is 27.9 Å². The normalized spacial score (nSPS) is 15.2. The molecule has 1 saturated heterocycles. The van der Waals surface area contributed by atoms with Gasteiger partial charge in [0.25, 0.3) is 5.91 Å². The minimum Gasteiger partial charge on any atom is -0.493 e. The van der Waals surface area contributed by atoms with Gasteiger partial charge < -0.3 is 28.7 Å². The summed E-state index contributed by atoms with van der Waals surface area (Å²) in [7, 11) is 3.86. The van der Waals surface area contributed by atoms with Gasteiger partial charge in [0, 0.05) is 10.0 Å². The highest BCUT2D eigenvalue weighted by Crippen LogP contribution is 2.37. The molecule has 180 valence electrons. The molecule has 0 radical (unpaired) electrons. The highest BCUT2D eigenvalue weighted by molar-refractivity contribution is 9.10. The van der Waals surface area contributed by atoms with E-state index in [2.05, 4.69) is 26.0 Å². The Kier molecular flexibility index (Phi) is 7.61. The monoisotopic (exact) mass is 536 g/mol. The van der Waals surface area contributed by atoms with Crippen molar-refractivity contribution in [2.75, 3.05) is 21.3 Å². The number of benzene rings is 1. The summed E-state index contributed by atoms with van der Waals surface area (Å²) < 4.78 is 26.3. The molecule has 1 aromatic carbocycles. The van der Waals surface area contributed by atoms with Crippen LogP contribution >= 0.6 is 15.9 Å². The fraction of sp³-hybridized carbons (Fsp3) is 0.273. The lowest BCUT2D eigenvalue weighted by atomic mass is 10.1. The van der Waals surface area contributed by atoms with Gasteiger partial charge in [-0.2, -0.15) is 0 Å². The number of esters is 2. The van der Waals surface area contributed by atoms with Crippen LogP contribution in [0.25, 0.3) is 6.08 Å². The van der Waals surface area contributed by atoms with E-state index in [9.17, 15) is 19.2 Å². The number of amides is 3. The zero-order chi connectivity index (χ0) is 25.0. The number of hydrogen-bond donors (Lipinski definition) is 1. The highest BCUT2D eigenvalue weighted by atomic mass is 79.9. The molecule has 1 N–H and O–H groups in total. The third-order valence-corrected chi connectivity index (χ3v) is 5.18. The molecule has 2 heterocycles. The Bertz CT molecular complexity index is 1170. The second kappa shape index (κ2) is 10.4. The van der Waals surface area contributed by atoms with E-state index >= 15 is 0 Å². The summed E-state index contributed by atoms with van der Waals surface area (Å²) in [5, 5.41) is 2.50. The van der Waals surface area contributed by atoms with Crippen LogP contribution in [0.15, 0.2) is 38.9 Å². The van der Waals surface area contributed by atoms with Crippen LogP contribution in [0.3, 0.4) is 0 Å². The molecule has 1 atom stereocenters. The number of carbonyl (C=O) groups is 4. The van der Waals surface area contributed by atoms with Crippen LogP contribution in [-0.2, 0) is 25.6 Å². The molecule has 34 heavy (non-hydrogen) atoms. The second-order valence-electron chi connectivity index (χ2n) is 6.95. The first kappa shape index (κ1) is 24.8. The van der Waals surface area contributed by atoms with Crippen molar-refractivity contribution in [1.29, 1.82) is 0 Å². The zero-order valence-electron chi connectivity index (χ0n) is 18.7. The number of imide groups is 1. The fourth-order valence-electron chi connectivity index (χ4n) is 3.06. The van der Waals surface area contributed by atoms with Gasteiger partial charge in [0.1, 0.15) is 11.5 Å². The smallest absolute Gasteiger partial charge is 0.373 e. The molecule has 3 rings (SSSR count). The van der Waals surface area contributed by atoms with Gasteiger partial charge in [0.15, 0.2) is 17.6 Å². The van der Waals surface area contributed by atoms with E-state index < -0.39 is 30.0 Å². The molecule has 3 amide bonds. The number of ether oxygens (including phenoxy) is 4. The number of carbonyl (C=O) groups excluding carboxylic acids is 4. The Morgan fingerprint density at radius 3 is 2.56 bits per heavy atom. The van der Waals surface area contributed by atoms with Crippen LogP contribution in [-0.4, -0.2) is 56.2 Å². The standard InChI is InChI=1S/C22H21BrN2O9/c1-11(20(27)31-3)33-18-12(7-13(23)9-17(18)30-2)8-15-19(26)25(22(29)24-15)10-14-5-6-16(34-14)21(28)32-4/h5-9,11H,10H2,1-4H3,(H,24,29)/b15-8-/t11-/m1/s1. The van der Waals surface area contributed by atoms with E-state index in [1.807, 2.05) is 0 Å². The average Bonchev–Trinajstić information content (AvgIpc) is 3.39. The SMILES string of the molecule is COC(=O)c1ccc(CN2C(=O)N/C(=C\c3cc(Br)cc(OC)c3O[C@H](C)C(=O)OC)C2=O)o1. The molecule has 12 heteroatoms. The van der Waals surface area contributed by atoms with Crippen LogP contribution in [0.2, 0.25) is 0 Å². The Morgan fingerprint density at radius 1 is 1.18 bits per heavy atom. The number of halogens is 1. The fourth-order valence-corrected chi connectivity index (χ4v) is 3.52. The van der Waals surface area contributed by atoms with Gasteiger partial charge in [-0.3, -0.25) is 9.69 Å². The lowest BCUT2D eigenvalue weighted by Gasteiger charge is -2.18. The molecule has 11 nitrogen and oxygen atoms in total. The third-order valence-electron chi connectivity index (χ3n) is 4.72. The summed E-state index contributed by atoms with van der Waals surface area (Å²) in [5.41, 5.74) is 0.318. The Balaban J connectivity index is 1.90. The molecule has 1 aliphatic rings. The van der Waals surface area contributed by atoms with E-state index in [1.165, 1.54) is 46.5 Å². The molecule has 1 fully saturated rings. The maximum absolute atomic E-state index is 12.9. The number of furan rings is 1. The Labute approximate surface area is 202 Å². The van der Waals surface area contributed by atoms with E-state index in [4.69, 9.17) is 18.6 Å². The average molecular weight is 537 g/mol. The van der Waals surface area contributed by atoms with Crippen molar-refractivity contribution >= 4 is 45.9 Å². The summed E-state index contributed by atoms with van der Waals surface area (Å²) in [5.74, 6) is -1.30. The summed E-state index contributed by atoms with van der Waals surface area (Å²) in [4.78, 5) is 49.7. The first-order chi connectivity index (χ1) is 16.2.